The van der Waals surface area contributed by atoms with E-state index in [-0.39, 0.29) is 30.4 Å². The molecule has 0 aliphatic rings. The second kappa shape index (κ2) is 8.59. The van der Waals surface area contributed by atoms with Gasteiger partial charge in [0.2, 0.25) is 5.91 Å². The number of hydrogen-bond donors (Lipinski definition) is 0. The van der Waals surface area contributed by atoms with Gasteiger partial charge in [0.05, 0.1) is 11.7 Å². The van der Waals surface area contributed by atoms with Gasteiger partial charge in [0.15, 0.2) is 0 Å². The first kappa shape index (κ1) is 20.0. The zero-order valence-electron chi connectivity index (χ0n) is 16.4. The number of nitrogens with zero attached hydrogens (tertiary/aromatic N) is 3. The predicted molar refractivity (Wildman–Crippen MR) is 117 cm³/mol. The third kappa shape index (κ3) is 4.16. The molecule has 0 fully saturated rings. The van der Waals surface area contributed by atoms with E-state index in [1.165, 1.54) is 34.4 Å². The van der Waals surface area contributed by atoms with Gasteiger partial charge in [0.1, 0.15) is 17.2 Å². The molecule has 0 atom stereocenters. The van der Waals surface area contributed by atoms with Crippen LogP contribution in [0.3, 0.4) is 0 Å². The van der Waals surface area contributed by atoms with Gasteiger partial charge in [-0.3, -0.25) is 14.2 Å². The maximum Gasteiger partial charge on any atom is 0.262 e. The van der Waals surface area contributed by atoms with Gasteiger partial charge in [0.25, 0.3) is 5.56 Å². The van der Waals surface area contributed by atoms with E-state index in [1.807, 2.05) is 43.3 Å². The zero-order valence-corrected chi connectivity index (χ0v) is 17.2. The van der Waals surface area contributed by atoms with Crippen molar-refractivity contribution in [3.63, 3.8) is 0 Å². The Morgan fingerprint density at radius 3 is 2.67 bits per heavy atom. The first-order valence-corrected chi connectivity index (χ1v) is 10.4. The summed E-state index contributed by atoms with van der Waals surface area (Å²) in [5.41, 5.74) is 1.49. The minimum absolute atomic E-state index is 0.110. The fourth-order valence-electron chi connectivity index (χ4n) is 3.29. The first-order chi connectivity index (χ1) is 14.5. The highest BCUT2D eigenvalue weighted by Gasteiger charge is 2.16. The number of amides is 1. The van der Waals surface area contributed by atoms with Crippen LogP contribution in [0.1, 0.15) is 12.5 Å². The number of aromatic nitrogens is 2. The highest BCUT2D eigenvalue weighted by molar-refractivity contribution is 7.21. The van der Waals surface area contributed by atoms with Crippen LogP contribution >= 0.6 is 11.3 Å². The van der Waals surface area contributed by atoms with Crippen LogP contribution < -0.4 is 5.56 Å². The SMILES string of the molecule is CCN(Cc1cccc(F)c1)C(=O)Cn1cnc2sc(-c3ccccc3)cc2c1=O. The lowest BCUT2D eigenvalue weighted by atomic mass is 10.2. The summed E-state index contributed by atoms with van der Waals surface area (Å²) in [7, 11) is 0. The Morgan fingerprint density at radius 2 is 1.93 bits per heavy atom. The molecule has 0 radical (unpaired) electrons. The molecule has 4 rings (SSSR count). The standard InChI is InChI=1S/C23H20FN3O2S/c1-2-26(13-16-7-6-10-18(24)11-16)21(28)14-27-15-25-22-19(23(27)29)12-20(30-22)17-8-4-3-5-9-17/h3-12,15H,2,13-14H2,1H3. The highest BCUT2D eigenvalue weighted by Crippen LogP contribution is 2.30. The van der Waals surface area contributed by atoms with E-state index < -0.39 is 0 Å². The van der Waals surface area contributed by atoms with E-state index in [0.717, 1.165) is 10.4 Å². The summed E-state index contributed by atoms with van der Waals surface area (Å²) in [5.74, 6) is -0.558. The number of thiophene rings is 1. The highest BCUT2D eigenvalue weighted by atomic mass is 32.1. The average molecular weight is 421 g/mol. The van der Waals surface area contributed by atoms with Crippen molar-refractivity contribution in [2.75, 3.05) is 6.54 Å². The van der Waals surface area contributed by atoms with Crippen LogP contribution in [-0.2, 0) is 17.9 Å². The topological polar surface area (TPSA) is 55.2 Å². The first-order valence-electron chi connectivity index (χ1n) is 9.61. The Labute approximate surface area is 177 Å². The van der Waals surface area contributed by atoms with Crippen molar-refractivity contribution in [3.05, 3.63) is 88.7 Å². The number of carbonyl (C=O) groups is 1. The molecule has 0 saturated heterocycles. The lowest BCUT2D eigenvalue weighted by Crippen LogP contribution is -2.36. The van der Waals surface area contributed by atoms with Gasteiger partial charge < -0.3 is 4.90 Å². The molecular weight excluding hydrogens is 401 g/mol. The van der Waals surface area contributed by atoms with Crippen LogP contribution in [0.25, 0.3) is 20.7 Å². The van der Waals surface area contributed by atoms with Crippen LogP contribution in [-0.4, -0.2) is 26.9 Å². The van der Waals surface area contributed by atoms with Gasteiger partial charge in [-0.05, 0) is 36.2 Å². The summed E-state index contributed by atoms with van der Waals surface area (Å²) < 4.78 is 14.8. The number of benzene rings is 2. The molecule has 2 aromatic heterocycles. The van der Waals surface area contributed by atoms with Gasteiger partial charge in [-0.15, -0.1) is 11.3 Å². The Kier molecular flexibility index (Phi) is 5.72. The molecule has 1 amide bonds. The lowest BCUT2D eigenvalue weighted by molar-refractivity contribution is -0.132. The number of carbonyl (C=O) groups excluding carboxylic acids is 1. The maximum absolute atomic E-state index is 13.4. The monoisotopic (exact) mass is 421 g/mol. The fraction of sp³-hybridized carbons (Fsp3) is 0.174. The Balaban J connectivity index is 1.57. The van der Waals surface area contributed by atoms with E-state index in [4.69, 9.17) is 0 Å². The van der Waals surface area contributed by atoms with Crippen molar-refractivity contribution < 1.29 is 9.18 Å². The number of rotatable bonds is 6. The summed E-state index contributed by atoms with van der Waals surface area (Å²) in [5, 5.41) is 0.502. The Morgan fingerprint density at radius 1 is 1.13 bits per heavy atom. The van der Waals surface area contributed by atoms with Crippen LogP contribution in [0.15, 0.2) is 71.8 Å². The molecule has 7 heteroatoms. The predicted octanol–water partition coefficient (Wildman–Crippen LogP) is 4.31. The Hall–Kier alpha value is -3.32. The summed E-state index contributed by atoms with van der Waals surface area (Å²) in [6, 6.07) is 17.8. The van der Waals surface area contributed by atoms with Crippen molar-refractivity contribution >= 4 is 27.5 Å². The van der Waals surface area contributed by atoms with E-state index in [2.05, 4.69) is 4.98 Å². The molecule has 4 aromatic rings. The number of halogens is 1. The molecule has 0 N–H and O–H groups in total. The quantitative estimate of drug-likeness (QED) is 0.466. The summed E-state index contributed by atoms with van der Waals surface area (Å²) in [4.78, 5) is 33.3. The fourth-order valence-corrected chi connectivity index (χ4v) is 4.29. The third-order valence-corrected chi connectivity index (χ3v) is 5.97. The second-order valence-electron chi connectivity index (χ2n) is 6.91. The molecule has 0 unspecified atom stereocenters. The summed E-state index contributed by atoms with van der Waals surface area (Å²) >= 11 is 1.45. The minimum atomic E-state index is -0.339. The summed E-state index contributed by atoms with van der Waals surface area (Å²) in [6.07, 6.45) is 1.42. The zero-order chi connectivity index (χ0) is 21.1. The molecule has 5 nitrogen and oxygen atoms in total. The average Bonchev–Trinajstić information content (AvgIpc) is 3.20. The third-order valence-electron chi connectivity index (χ3n) is 4.88. The van der Waals surface area contributed by atoms with Gasteiger partial charge in [0, 0.05) is 18.0 Å². The molecule has 2 heterocycles. The molecule has 2 aromatic carbocycles. The molecule has 0 spiro atoms. The van der Waals surface area contributed by atoms with Gasteiger partial charge >= 0.3 is 0 Å². The van der Waals surface area contributed by atoms with Crippen LogP contribution in [0, 0.1) is 5.82 Å². The largest absolute Gasteiger partial charge is 0.337 e. The van der Waals surface area contributed by atoms with Gasteiger partial charge in [-0.25, -0.2) is 9.37 Å². The van der Waals surface area contributed by atoms with Crippen molar-refractivity contribution in [1.29, 1.82) is 0 Å². The van der Waals surface area contributed by atoms with E-state index in [1.54, 1.807) is 17.0 Å². The second-order valence-corrected chi connectivity index (χ2v) is 7.94. The van der Waals surface area contributed by atoms with Crippen molar-refractivity contribution in [2.24, 2.45) is 0 Å². The maximum atomic E-state index is 13.4. The van der Waals surface area contributed by atoms with E-state index >= 15 is 0 Å². The van der Waals surface area contributed by atoms with Gasteiger partial charge in [-0.1, -0.05) is 42.5 Å². The minimum Gasteiger partial charge on any atom is -0.337 e. The van der Waals surface area contributed by atoms with Crippen LogP contribution in [0.4, 0.5) is 4.39 Å². The molecule has 0 saturated carbocycles. The van der Waals surface area contributed by atoms with Crippen LogP contribution in [0.5, 0.6) is 0 Å². The van der Waals surface area contributed by atoms with Crippen LogP contribution in [0.2, 0.25) is 0 Å². The normalized spacial score (nSPS) is 11.0. The smallest absolute Gasteiger partial charge is 0.262 e. The Bertz CT molecular complexity index is 1250. The number of likely N-dealkylation sites (N-methyl/N-ethyl adjacent to an activating group) is 1. The molecule has 30 heavy (non-hydrogen) atoms. The molecule has 0 bridgehead atoms. The molecule has 0 aliphatic carbocycles. The van der Waals surface area contributed by atoms with E-state index in [9.17, 15) is 14.0 Å². The number of fused-ring (bicyclic) bond motifs is 1. The molecular formula is C23H20FN3O2S. The van der Waals surface area contributed by atoms with Gasteiger partial charge in [-0.2, -0.15) is 0 Å². The molecule has 152 valence electrons. The lowest BCUT2D eigenvalue weighted by Gasteiger charge is -2.21. The van der Waals surface area contributed by atoms with Crippen molar-refractivity contribution in [3.8, 4) is 10.4 Å². The number of hydrogen-bond acceptors (Lipinski definition) is 4. The summed E-state index contributed by atoms with van der Waals surface area (Å²) in [6.45, 7) is 2.48. The van der Waals surface area contributed by atoms with E-state index in [0.29, 0.717) is 22.3 Å². The van der Waals surface area contributed by atoms with Crippen molar-refractivity contribution in [2.45, 2.75) is 20.0 Å². The molecule has 0 aliphatic heterocycles. The van der Waals surface area contributed by atoms with Crippen molar-refractivity contribution in [1.82, 2.24) is 14.5 Å².